The minimum Gasteiger partial charge on any atom is -0.325 e. The summed E-state index contributed by atoms with van der Waals surface area (Å²) in [4.78, 5) is 32.0. The van der Waals surface area contributed by atoms with Crippen molar-refractivity contribution in [2.45, 2.75) is 38.1 Å². The monoisotopic (exact) mass is 393 g/mol. The van der Waals surface area contributed by atoms with E-state index in [4.69, 9.17) is 0 Å². The van der Waals surface area contributed by atoms with Crippen LogP contribution in [0.1, 0.15) is 23.6 Å². The maximum atomic E-state index is 12.7. The first-order chi connectivity index (χ1) is 13.3. The Hall–Kier alpha value is -2.86. The van der Waals surface area contributed by atoms with Crippen LogP contribution in [0.15, 0.2) is 58.5 Å². The number of aromatic nitrogens is 2. The highest BCUT2D eigenvalue weighted by atomic mass is 32.2. The zero-order chi connectivity index (χ0) is 20.3. The van der Waals surface area contributed by atoms with Gasteiger partial charge >= 0.3 is 0 Å². The number of thioether (sulfide) groups is 1. The molecule has 0 aliphatic heterocycles. The molecule has 1 aromatic heterocycles. The Morgan fingerprint density at radius 2 is 1.71 bits per heavy atom. The van der Waals surface area contributed by atoms with Crippen molar-refractivity contribution in [3.63, 3.8) is 0 Å². The van der Waals surface area contributed by atoms with Crippen LogP contribution >= 0.6 is 11.8 Å². The summed E-state index contributed by atoms with van der Waals surface area (Å²) in [5, 5.41) is 3.01. The molecule has 0 fully saturated rings. The molecule has 144 valence electrons. The number of nitrogens with one attached hydrogen (secondary N) is 2. The number of carbonyl (C=O) groups excluding carboxylic acids is 1. The molecule has 0 radical (unpaired) electrons. The highest BCUT2D eigenvalue weighted by Crippen LogP contribution is 2.26. The molecule has 1 amide bonds. The predicted molar refractivity (Wildman–Crippen MR) is 115 cm³/mol. The molecule has 0 saturated carbocycles. The third-order valence-electron chi connectivity index (χ3n) is 4.37. The fourth-order valence-corrected chi connectivity index (χ4v) is 3.88. The lowest BCUT2D eigenvalue weighted by Gasteiger charge is -2.16. The number of carbonyl (C=O) groups is 1. The van der Waals surface area contributed by atoms with Crippen LogP contribution in [0.3, 0.4) is 0 Å². The number of amides is 1. The molecular weight excluding hydrogens is 370 g/mol. The summed E-state index contributed by atoms with van der Waals surface area (Å²) in [5.41, 5.74) is 5.26. The first-order valence-electron chi connectivity index (χ1n) is 9.05. The first-order valence-corrected chi connectivity index (χ1v) is 9.93. The van der Waals surface area contributed by atoms with Crippen molar-refractivity contribution < 1.29 is 4.79 Å². The lowest BCUT2D eigenvalue weighted by atomic mass is 10.1. The van der Waals surface area contributed by atoms with E-state index in [0.29, 0.717) is 10.9 Å². The molecule has 0 aliphatic carbocycles. The number of nitrogens with zero attached hydrogens (tertiary/aromatic N) is 1. The lowest BCUT2D eigenvalue weighted by molar-refractivity contribution is -0.115. The summed E-state index contributed by atoms with van der Waals surface area (Å²) in [6, 6.07) is 15.0. The second-order valence-corrected chi connectivity index (χ2v) is 8.15. The molecule has 3 rings (SSSR count). The standard InChI is InChI=1S/C22H23N3O2S/c1-13-10-14(2)20(15(3)11-13)25-21(27)16(4)28-22-23-18(12-19(26)24-22)17-8-6-5-7-9-17/h5-12,16H,1-4H3,(H,25,27)(H,23,24,26)/t16-/m0/s1. The molecule has 28 heavy (non-hydrogen) atoms. The number of aromatic amines is 1. The molecule has 0 spiro atoms. The summed E-state index contributed by atoms with van der Waals surface area (Å²) in [6.07, 6.45) is 0. The topological polar surface area (TPSA) is 74.8 Å². The average molecular weight is 394 g/mol. The van der Waals surface area contributed by atoms with Crippen molar-refractivity contribution >= 4 is 23.4 Å². The second kappa shape index (κ2) is 8.44. The average Bonchev–Trinajstić information content (AvgIpc) is 2.64. The van der Waals surface area contributed by atoms with Gasteiger partial charge in [0.15, 0.2) is 5.16 Å². The molecule has 0 saturated heterocycles. The van der Waals surface area contributed by atoms with Crippen molar-refractivity contribution in [2.75, 3.05) is 5.32 Å². The molecule has 1 atom stereocenters. The van der Waals surface area contributed by atoms with E-state index in [-0.39, 0.29) is 11.5 Å². The Labute approximate surface area is 168 Å². The molecule has 0 bridgehead atoms. The molecular formula is C22H23N3O2S. The summed E-state index contributed by atoms with van der Waals surface area (Å²) < 4.78 is 0. The Morgan fingerprint density at radius 3 is 2.36 bits per heavy atom. The zero-order valence-electron chi connectivity index (χ0n) is 16.4. The van der Waals surface area contributed by atoms with Crippen LogP contribution < -0.4 is 10.9 Å². The maximum absolute atomic E-state index is 12.7. The molecule has 6 heteroatoms. The number of anilines is 1. The molecule has 3 aromatic rings. The number of rotatable bonds is 5. The van der Waals surface area contributed by atoms with Crippen LogP contribution in [0.2, 0.25) is 0 Å². The number of benzene rings is 2. The highest BCUT2D eigenvalue weighted by molar-refractivity contribution is 8.00. The predicted octanol–water partition coefficient (Wildman–Crippen LogP) is 4.48. The van der Waals surface area contributed by atoms with Gasteiger partial charge in [0, 0.05) is 17.3 Å². The van der Waals surface area contributed by atoms with Gasteiger partial charge in [-0.15, -0.1) is 0 Å². The third kappa shape index (κ3) is 4.70. The van der Waals surface area contributed by atoms with Crippen molar-refractivity contribution in [1.82, 2.24) is 9.97 Å². The van der Waals surface area contributed by atoms with Crippen molar-refractivity contribution in [3.05, 3.63) is 75.6 Å². The largest absolute Gasteiger partial charge is 0.325 e. The molecule has 0 unspecified atom stereocenters. The Kier molecular flexibility index (Phi) is 5.99. The van der Waals surface area contributed by atoms with Gasteiger partial charge in [-0.1, -0.05) is 59.8 Å². The molecule has 2 aromatic carbocycles. The fraction of sp³-hybridized carbons (Fsp3) is 0.227. The van der Waals surface area contributed by atoms with E-state index in [2.05, 4.69) is 15.3 Å². The van der Waals surface area contributed by atoms with E-state index in [1.54, 1.807) is 6.92 Å². The molecule has 5 nitrogen and oxygen atoms in total. The van der Waals surface area contributed by atoms with E-state index >= 15 is 0 Å². The second-order valence-electron chi connectivity index (χ2n) is 6.82. The van der Waals surface area contributed by atoms with Gasteiger partial charge in [-0.3, -0.25) is 9.59 Å². The van der Waals surface area contributed by atoms with E-state index in [1.165, 1.54) is 17.8 Å². The van der Waals surface area contributed by atoms with Gasteiger partial charge in [0.05, 0.1) is 10.9 Å². The quantitative estimate of drug-likeness (QED) is 0.495. The van der Waals surface area contributed by atoms with Crippen molar-refractivity contribution in [3.8, 4) is 11.3 Å². The Bertz CT molecular complexity index is 1040. The molecule has 2 N–H and O–H groups in total. The SMILES string of the molecule is Cc1cc(C)c(NC(=O)[C@H](C)Sc2nc(-c3ccccc3)cc(=O)[nH]2)c(C)c1. The van der Waals surface area contributed by atoms with Gasteiger partial charge in [-0.2, -0.15) is 0 Å². The van der Waals surface area contributed by atoms with Crippen molar-refractivity contribution in [1.29, 1.82) is 0 Å². The van der Waals surface area contributed by atoms with Gasteiger partial charge in [0.2, 0.25) is 5.91 Å². The van der Waals surface area contributed by atoms with E-state index in [9.17, 15) is 9.59 Å². The molecule has 0 aliphatic rings. The molecule has 1 heterocycles. The smallest absolute Gasteiger partial charge is 0.252 e. The maximum Gasteiger partial charge on any atom is 0.252 e. The van der Waals surface area contributed by atoms with Gasteiger partial charge in [-0.25, -0.2) is 4.98 Å². The number of hydrogen-bond donors (Lipinski definition) is 2. The van der Waals surface area contributed by atoms with Crippen LogP contribution in [-0.4, -0.2) is 21.1 Å². The van der Waals surface area contributed by atoms with Crippen LogP contribution in [0.5, 0.6) is 0 Å². The van der Waals surface area contributed by atoms with E-state index in [0.717, 1.165) is 27.9 Å². The Morgan fingerprint density at radius 1 is 1.07 bits per heavy atom. The number of H-pyrrole nitrogens is 1. The van der Waals surface area contributed by atoms with Crippen LogP contribution in [-0.2, 0) is 4.79 Å². The first kappa shape index (κ1) is 19.9. The number of hydrogen-bond acceptors (Lipinski definition) is 4. The van der Waals surface area contributed by atoms with Gasteiger partial charge < -0.3 is 10.3 Å². The summed E-state index contributed by atoms with van der Waals surface area (Å²) in [6.45, 7) is 7.80. The van der Waals surface area contributed by atoms with Crippen molar-refractivity contribution in [2.24, 2.45) is 0 Å². The van der Waals surface area contributed by atoms with Crippen LogP contribution in [0, 0.1) is 20.8 Å². The Balaban J connectivity index is 1.78. The third-order valence-corrected chi connectivity index (χ3v) is 5.36. The van der Waals surface area contributed by atoms with Crippen LogP contribution in [0.25, 0.3) is 11.3 Å². The van der Waals surface area contributed by atoms with E-state index < -0.39 is 5.25 Å². The van der Waals surface area contributed by atoms with Crippen LogP contribution in [0.4, 0.5) is 5.69 Å². The lowest BCUT2D eigenvalue weighted by Crippen LogP contribution is -2.24. The zero-order valence-corrected chi connectivity index (χ0v) is 17.2. The van der Waals surface area contributed by atoms with E-state index in [1.807, 2.05) is 63.2 Å². The summed E-state index contributed by atoms with van der Waals surface area (Å²) in [7, 11) is 0. The minimum absolute atomic E-state index is 0.132. The highest BCUT2D eigenvalue weighted by Gasteiger charge is 2.18. The summed E-state index contributed by atoms with van der Waals surface area (Å²) >= 11 is 1.23. The number of aryl methyl sites for hydroxylation is 3. The summed E-state index contributed by atoms with van der Waals surface area (Å²) in [5.74, 6) is -0.132. The fourth-order valence-electron chi connectivity index (χ4n) is 3.07. The van der Waals surface area contributed by atoms with Gasteiger partial charge in [-0.05, 0) is 38.8 Å². The normalized spacial score (nSPS) is 11.9. The van der Waals surface area contributed by atoms with Gasteiger partial charge in [0.25, 0.3) is 5.56 Å². The van der Waals surface area contributed by atoms with Gasteiger partial charge in [0.1, 0.15) is 0 Å². The minimum atomic E-state index is -0.422.